The molecule has 1 aromatic heterocycles. The van der Waals surface area contributed by atoms with Crippen molar-refractivity contribution in [2.24, 2.45) is 5.92 Å². The number of nitrogens with one attached hydrogen (secondary N) is 1. The summed E-state index contributed by atoms with van der Waals surface area (Å²) in [6, 6.07) is 16.6. The summed E-state index contributed by atoms with van der Waals surface area (Å²) in [5.74, 6) is 1.22. The molecular weight excluding hydrogens is 468 g/mol. The SMILES string of the molecule is CC(C)(C)OC(=O)N1CCC[C@@H](CNc2nc3ccccc3n2Cc2ccc(Br)cc2)C1. The van der Waals surface area contributed by atoms with E-state index in [1.165, 1.54) is 5.56 Å². The molecule has 0 saturated carbocycles. The molecule has 7 heteroatoms. The van der Waals surface area contributed by atoms with E-state index in [9.17, 15) is 4.79 Å². The van der Waals surface area contributed by atoms with Crippen LogP contribution in [-0.2, 0) is 11.3 Å². The number of fused-ring (bicyclic) bond motifs is 1. The van der Waals surface area contributed by atoms with Gasteiger partial charge in [0, 0.05) is 24.1 Å². The maximum absolute atomic E-state index is 12.5. The third-order valence-electron chi connectivity index (χ3n) is 5.63. The first kappa shape index (κ1) is 22.6. The van der Waals surface area contributed by atoms with Crippen LogP contribution >= 0.6 is 15.9 Å². The monoisotopic (exact) mass is 498 g/mol. The number of amides is 1. The molecular formula is C25H31BrN4O2. The fourth-order valence-electron chi connectivity index (χ4n) is 4.10. The molecule has 1 amide bonds. The number of carbonyl (C=O) groups is 1. The number of nitrogens with zero attached hydrogens (tertiary/aromatic N) is 3. The number of anilines is 1. The van der Waals surface area contributed by atoms with E-state index in [1.807, 2.05) is 43.9 Å². The molecule has 1 N–H and O–H groups in total. The highest BCUT2D eigenvalue weighted by Gasteiger charge is 2.27. The number of piperidine rings is 1. The van der Waals surface area contributed by atoms with Gasteiger partial charge in [-0.15, -0.1) is 0 Å². The van der Waals surface area contributed by atoms with E-state index in [2.05, 4.69) is 56.1 Å². The molecule has 170 valence electrons. The van der Waals surface area contributed by atoms with E-state index in [4.69, 9.17) is 9.72 Å². The lowest BCUT2D eigenvalue weighted by atomic mass is 9.98. The van der Waals surface area contributed by atoms with E-state index >= 15 is 0 Å². The zero-order valence-corrected chi connectivity index (χ0v) is 20.6. The minimum absolute atomic E-state index is 0.218. The smallest absolute Gasteiger partial charge is 0.410 e. The molecule has 32 heavy (non-hydrogen) atoms. The van der Waals surface area contributed by atoms with Crippen molar-refractivity contribution in [3.63, 3.8) is 0 Å². The lowest BCUT2D eigenvalue weighted by Crippen LogP contribution is -2.44. The van der Waals surface area contributed by atoms with E-state index in [-0.39, 0.29) is 6.09 Å². The van der Waals surface area contributed by atoms with Gasteiger partial charge < -0.3 is 19.5 Å². The van der Waals surface area contributed by atoms with Gasteiger partial charge in [-0.25, -0.2) is 9.78 Å². The summed E-state index contributed by atoms with van der Waals surface area (Å²) in [5.41, 5.74) is 2.83. The molecule has 0 bridgehead atoms. The quantitative estimate of drug-likeness (QED) is 0.475. The Labute approximate surface area is 198 Å². The minimum atomic E-state index is -0.472. The van der Waals surface area contributed by atoms with Gasteiger partial charge in [-0.2, -0.15) is 0 Å². The number of rotatable bonds is 5. The highest BCUT2D eigenvalue weighted by atomic mass is 79.9. The number of hydrogen-bond acceptors (Lipinski definition) is 4. The highest BCUT2D eigenvalue weighted by molar-refractivity contribution is 9.10. The number of hydrogen-bond donors (Lipinski definition) is 1. The molecule has 1 aliphatic rings. The summed E-state index contributed by atoms with van der Waals surface area (Å²) in [4.78, 5) is 19.2. The summed E-state index contributed by atoms with van der Waals surface area (Å²) in [5, 5.41) is 3.58. The molecule has 0 radical (unpaired) electrons. The van der Waals surface area contributed by atoms with Crippen molar-refractivity contribution >= 4 is 39.0 Å². The molecule has 2 aromatic carbocycles. The molecule has 4 rings (SSSR count). The van der Waals surface area contributed by atoms with Gasteiger partial charge in [-0.1, -0.05) is 40.2 Å². The van der Waals surface area contributed by atoms with Crippen LogP contribution in [0.1, 0.15) is 39.2 Å². The van der Waals surface area contributed by atoms with Crippen molar-refractivity contribution in [3.05, 3.63) is 58.6 Å². The Morgan fingerprint density at radius 3 is 2.69 bits per heavy atom. The Balaban J connectivity index is 1.47. The van der Waals surface area contributed by atoms with Gasteiger partial charge in [-0.05, 0) is 69.4 Å². The zero-order valence-electron chi connectivity index (χ0n) is 19.0. The molecule has 3 aromatic rings. The van der Waals surface area contributed by atoms with Crippen molar-refractivity contribution in [2.75, 3.05) is 25.0 Å². The number of ether oxygens (including phenoxy) is 1. The van der Waals surface area contributed by atoms with Crippen LogP contribution in [0.25, 0.3) is 11.0 Å². The minimum Gasteiger partial charge on any atom is -0.444 e. The largest absolute Gasteiger partial charge is 0.444 e. The molecule has 0 spiro atoms. The normalized spacial score (nSPS) is 16.9. The third kappa shape index (κ3) is 5.63. The van der Waals surface area contributed by atoms with Crippen LogP contribution in [0, 0.1) is 5.92 Å². The molecule has 6 nitrogen and oxygen atoms in total. The average molecular weight is 499 g/mol. The number of benzene rings is 2. The summed E-state index contributed by atoms with van der Waals surface area (Å²) < 4.78 is 8.87. The maximum Gasteiger partial charge on any atom is 0.410 e. The van der Waals surface area contributed by atoms with Gasteiger partial charge in [0.05, 0.1) is 17.6 Å². The van der Waals surface area contributed by atoms with Gasteiger partial charge in [-0.3, -0.25) is 0 Å². The predicted octanol–water partition coefficient (Wildman–Crippen LogP) is 5.91. The van der Waals surface area contributed by atoms with Gasteiger partial charge in [0.15, 0.2) is 0 Å². The van der Waals surface area contributed by atoms with E-state index in [1.54, 1.807) is 0 Å². The Morgan fingerprint density at radius 2 is 1.94 bits per heavy atom. The van der Waals surface area contributed by atoms with Gasteiger partial charge in [0.2, 0.25) is 5.95 Å². The maximum atomic E-state index is 12.5. The molecule has 0 unspecified atom stereocenters. The fourth-order valence-corrected chi connectivity index (χ4v) is 4.37. The van der Waals surface area contributed by atoms with Crippen molar-refractivity contribution in [3.8, 4) is 0 Å². The topological polar surface area (TPSA) is 59.4 Å². The van der Waals surface area contributed by atoms with Crippen LogP contribution in [0.15, 0.2) is 53.0 Å². The molecule has 1 saturated heterocycles. The Morgan fingerprint density at radius 1 is 1.19 bits per heavy atom. The standard InChI is InChI=1S/C25H31BrN4O2/c1-25(2,3)32-24(31)29-14-6-7-19(16-29)15-27-23-28-21-8-4-5-9-22(21)30(23)17-18-10-12-20(26)13-11-18/h4-5,8-13,19H,6-7,14-17H2,1-3H3,(H,27,28)/t19-/m0/s1. The van der Waals surface area contributed by atoms with Crippen LogP contribution in [0.5, 0.6) is 0 Å². The first-order chi connectivity index (χ1) is 15.3. The summed E-state index contributed by atoms with van der Waals surface area (Å²) in [6.07, 6.45) is 1.85. The van der Waals surface area contributed by atoms with E-state index < -0.39 is 5.60 Å². The lowest BCUT2D eigenvalue weighted by molar-refractivity contribution is 0.0172. The fraction of sp³-hybridized carbons (Fsp3) is 0.440. The third-order valence-corrected chi connectivity index (χ3v) is 6.16. The number of para-hydroxylation sites is 2. The van der Waals surface area contributed by atoms with Crippen molar-refractivity contribution in [1.29, 1.82) is 0 Å². The number of halogens is 1. The van der Waals surface area contributed by atoms with Crippen LogP contribution in [0.3, 0.4) is 0 Å². The van der Waals surface area contributed by atoms with Crippen LogP contribution in [0.4, 0.5) is 10.7 Å². The molecule has 1 aliphatic heterocycles. The second-order valence-corrected chi connectivity index (χ2v) is 10.4. The van der Waals surface area contributed by atoms with Crippen molar-refractivity contribution in [1.82, 2.24) is 14.5 Å². The lowest BCUT2D eigenvalue weighted by Gasteiger charge is -2.34. The van der Waals surface area contributed by atoms with Crippen LogP contribution in [-0.4, -0.2) is 45.8 Å². The average Bonchev–Trinajstić information content (AvgIpc) is 3.10. The Bertz CT molecular complexity index is 1070. The number of aromatic nitrogens is 2. The van der Waals surface area contributed by atoms with Crippen molar-refractivity contribution < 1.29 is 9.53 Å². The Hall–Kier alpha value is -2.54. The summed E-state index contributed by atoms with van der Waals surface area (Å²) in [6.45, 7) is 8.69. The van der Waals surface area contributed by atoms with Gasteiger partial charge in [0.1, 0.15) is 5.60 Å². The molecule has 1 fully saturated rings. The molecule has 2 heterocycles. The number of carbonyl (C=O) groups excluding carboxylic acids is 1. The first-order valence-electron chi connectivity index (χ1n) is 11.2. The highest BCUT2D eigenvalue weighted by Crippen LogP contribution is 2.24. The van der Waals surface area contributed by atoms with E-state index in [0.717, 1.165) is 53.9 Å². The summed E-state index contributed by atoms with van der Waals surface area (Å²) in [7, 11) is 0. The number of likely N-dealkylation sites (tertiary alicyclic amines) is 1. The van der Waals surface area contributed by atoms with Gasteiger partial charge >= 0.3 is 6.09 Å². The van der Waals surface area contributed by atoms with E-state index in [0.29, 0.717) is 12.5 Å². The van der Waals surface area contributed by atoms with Crippen LogP contribution in [0.2, 0.25) is 0 Å². The molecule has 1 atom stereocenters. The zero-order chi connectivity index (χ0) is 22.7. The van der Waals surface area contributed by atoms with Crippen molar-refractivity contribution in [2.45, 2.75) is 45.8 Å². The first-order valence-corrected chi connectivity index (χ1v) is 12.0. The molecule has 0 aliphatic carbocycles. The second kappa shape index (κ2) is 9.53. The number of imidazole rings is 1. The predicted molar refractivity (Wildman–Crippen MR) is 132 cm³/mol. The summed E-state index contributed by atoms with van der Waals surface area (Å²) >= 11 is 3.51. The van der Waals surface area contributed by atoms with Crippen LogP contribution < -0.4 is 5.32 Å². The van der Waals surface area contributed by atoms with Gasteiger partial charge in [0.25, 0.3) is 0 Å². The second-order valence-electron chi connectivity index (χ2n) is 9.45. The Kier molecular flexibility index (Phi) is 6.74.